The van der Waals surface area contributed by atoms with Crippen LogP contribution in [-0.4, -0.2) is 24.2 Å². The number of hydrogen-bond acceptors (Lipinski definition) is 4. The van der Waals surface area contributed by atoms with E-state index in [4.69, 9.17) is 0 Å². The lowest BCUT2D eigenvalue weighted by Gasteiger charge is -2.23. The quantitative estimate of drug-likeness (QED) is 0.585. The Hall–Kier alpha value is -1.51. The molecular formula is C11H13N3O. The van der Waals surface area contributed by atoms with Gasteiger partial charge in [-0.3, -0.25) is 4.98 Å². The smallest absolute Gasteiger partial charge is 0.240 e. The third-order valence-electron chi connectivity index (χ3n) is 2.78. The lowest BCUT2D eigenvalue weighted by atomic mass is 9.90. The molecule has 1 aromatic heterocycles. The highest BCUT2D eigenvalue weighted by molar-refractivity contribution is 5.53. The molecule has 15 heavy (non-hydrogen) atoms. The van der Waals surface area contributed by atoms with Crippen LogP contribution in [-0.2, 0) is 4.79 Å². The van der Waals surface area contributed by atoms with E-state index in [1.54, 1.807) is 18.5 Å². The molecule has 0 aliphatic carbocycles. The monoisotopic (exact) mass is 203 g/mol. The van der Waals surface area contributed by atoms with Crippen molar-refractivity contribution in [2.45, 2.75) is 18.8 Å². The minimum atomic E-state index is 0.487. The average molecular weight is 203 g/mol. The van der Waals surface area contributed by atoms with E-state index in [9.17, 15) is 4.79 Å². The molecule has 1 N–H and O–H groups in total. The van der Waals surface area contributed by atoms with Crippen LogP contribution in [0.3, 0.4) is 0 Å². The van der Waals surface area contributed by atoms with Gasteiger partial charge < -0.3 is 5.32 Å². The fourth-order valence-electron chi connectivity index (χ4n) is 2.02. The summed E-state index contributed by atoms with van der Waals surface area (Å²) in [5.41, 5.74) is 1.79. The van der Waals surface area contributed by atoms with Crippen LogP contribution >= 0.6 is 0 Å². The lowest BCUT2D eigenvalue weighted by Crippen LogP contribution is -2.26. The Labute approximate surface area is 88.4 Å². The molecule has 4 nitrogen and oxygen atoms in total. The highest BCUT2D eigenvalue weighted by Crippen LogP contribution is 2.31. The van der Waals surface area contributed by atoms with Crippen molar-refractivity contribution < 1.29 is 4.79 Å². The second-order valence-corrected chi connectivity index (χ2v) is 3.66. The van der Waals surface area contributed by atoms with Gasteiger partial charge in [0.1, 0.15) is 0 Å². The fraction of sp³-hybridized carbons (Fsp3) is 0.455. The number of pyridine rings is 1. The molecule has 0 atom stereocenters. The zero-order valence-electron chi connectivity index (χ0n) is 8.44. The van der Waals surface area contributed by atoms with E-state index in [2.05, 4.69) is 15.3 Å². The number of hydrogen-bond donors (Lipinski definition) is 1. The van der Waals surface area contributed by atoms with Crippen molar-refractivity contribution >= 4 is 11.8 Å². The molecule has 1 aliphatic rings. The van der Waals surface area contributed by atoms with Gasteiger partial charge in [0, 0.05) is 6.20 Å². The summed E-state index contributed by atoms with van der Waals surface area (Å²) in [5.74, 6) is 0.487. The van der Waals surface area contributed by atoms with Crippen LogP contribution in [0.15, 0.2) is 23.5 Å². The zero-order valence-corrected chi connectivity index (χ0v) is 8.44. The zero-order chi connectivity index (χ0) is 10.5. The van der Waals surface area contributed by atoms with Gasteiger partial charge in [-0.25, -0.2) is 4.79 Å². The van der Waals surface area contributed by atoms with Gasteiger partial charge in [-0.05, 0) is 43.5 Å². The Bertz CT molecular complexity index is 379. The van der Waals surface area contributed by atoms with E-state index in [1.807, 2.05) is 6.07 Å². The van der Waals surface area contributed by atoms with Crippen LogP contribution in [0.4, 0.5) is 5.69 Å². The first-order chi connectivity index (χ1) is 7.42. The average Bonchev–Trinajstić information content (AvgIpc) is 2.31. The molecule has 0 spiro atoms. The number of nitrogens with one attached hydrogen (secondary N) is 1. The van der Waals surface area contributed by atoms with E-state index < -0.39 is 0 Å². The Morgan fingerprint density at radius 3 is 3.00 bits per heavy atom. The van der Waals surface area contributed by atoms with E-state index in [-0.39, 0.29) is 0 Å². The Kier molecular flexibility index (Phi) is 3.22. The van der Waals surface area contributed by atoms with E-state index in [0.717, 1.165) is 31.5 Å². The van der Waals surface area contributed by atoms with Crippen molar-refractivity contribution in [3.05, 3.63) is 24.0 Å². The molecule has 1 saturated heterocycles. The van der Waals surface area contributed by atoms with Gasteiger partial charge in [-0.1, -0.05) is 0 Å². The first-order valence-corrected chi connectivity index (χ1v) is 5.14. The predicted octanol–water partition coefficient (Wildman–Crippen LogP) is 1.52. The van der Waals surface area contributed by atoms with Gasteiger partial charge >= 0.3 is 0 Å². The molecule has 1 aliphatic heterocycles. The number of aromatic nitrogens is 1. The molecule has 78 valence electrons. The molecular weight excluding hydrogens is 190 g/mol. The summed E-state index contributed by atoms with van der Waals surface area (Å²) in [5, 5.41) is 3.31. The Morgan fingerprint density at radius 2 is 2.27 bits per heavy atom. The molecule has 0 bridgehead atoms. The molecule has 0 amide bonds. The van der Waals surface area contributed by atoms with Crippen LogP contribution in [0.25, 0.3) is 0 Å². The maximum Gasteiger partial charge on any atom is 0.240 e. The third-order valence-corrected chi connectivity index (χ3v) is 2.78. The number of nitrogens with zero attached hydrogens (tertiary/aromatic N) is 2. The highest BCUT2D eigenvalue weighted by atomic mass is 16.1. The topological polar surface area (TPSA) is 54.4 Å². The van der Waals surface area contributed by atoms with Crippen molar-refractivity contribution in [3.63, 3.8) is 0 Å². The minimum absolute atomic E-state index is 0.487. The highest BCUT2D eigenvalue weighted by Gasteiger charge is 2.17. The normalized spacial score (nSPS) is 17.1. The summed E-state index contributed by atoms with van der Waals surface area (Å²) < 4.78 is 0. The summed E-state index contributed by atoms with van der Waals surface area (Å²) in [4.78, 5) is 17.9. The lowest BCUT2D eigenvalue weighted by molar-refractivity contribution is 0.460. The first-order valence-electron chi connectivity index (χ1n) is 5.14. The van der Waals surface area contributed by atoms with Crippen molar-refractivity contribution in [3.8, 4) is 0 Å². The first kappa shape index (κ1) is 10.0. The molecule has 0 unspecified atom stereocenters. The summed E-state index contributed by atoms with van der Waals surface area (Å²) >= 11 is 0. The van der Waals surface area contributed by atoms with Gasteiger partial charge in [0.2, 0.25) is 6.08 Å². The molecule has 4 heteroatoms. The van der Waals surface area contributed by atoms with Crippen LogP contribution in [0.2, 0.25) is 0 Å². The maximum absolute atomic E-state index is 10.3. The largest absolute Gasteiger partial charge is 0.317 e. The van der Waals surface area contributed by atoms with E-state index in [1.165, 1.54) is 0 Å². The molecule has 0 saturated carbocycles. The van der Waals surface area contributed by atoms with Crippen molar-refractivity contribution in [2.24, 2.45) is 4.99 Å². The van der Waals surface area contributed by atoms with Crippen LogP contribution in [0.5, 0.6) is 0 Å². The van der Waals surface area contributed by atoms with Gasteiger partial charge in [0.05, 0.1) is 11.9 Å². The summed E-state index contributed by atoms with van der Waals surface area (Å²) in [6.07, 6.45) is 7.14. The molecule has 0 radical (unpaired) electrons. The van der Waals surface area contributed by atoms with E-state index >= 15 is 0 Å². The van der Waals surface area contributed by atoms with Crippen LogP contribution in [0.1, 0.15) is 24.3 Å². The molecule has 1 fully saturated rings. The Balaban J connectivity index is 2.28. The SMILES string of the molecule is O=C=Nc1cnccc1C1CCNCC1. The van der Waals surface area contributed by atoms with Gasteiger partial charge in [-0.15, -0.1) is 0 Å². The number of carbonyl (C=O) groups excluding carboxylic acids is 1. The Morgan fingerprint density at radius 1 is 1.47 bits per heavy atom. The molecule has 1 aromatic rings. The third kappa shape index (κ3) is 2.29. The van der Waals surface area contributed by atoms with Crippen molar-refractivity contribution in [2.75, 3.05) is 13.1 Å². The van der Waals surface area contributed by atoms with Gasteiger partial charge in [-0.2, -0.15) is 4.99 Å². The fourth-order valence-corrected chi connectivity index (χ4v) is 2.02. The molecule has 2 rings (SSSR count). The summed E-state index contributed by atoms with van der Waals surface area (Å²) in [7, 11) is 0. The summed E-state index contributed by atoms with van der Waals surface area (Å²) in [6, 6.07) is 1.95. The number of rotatable bonds is 2. The number of piperidine rings is 1. The minimum Gasteiger partial charge on any atom is -0.317 e. The van der Waals surface area contributed by atoms with E-state index in [0.29, 0.717) is 11.6 Å². The van der Waals surface area contributed by atoms with Crippen molar-refractivity contribution in [1.29, 1.82) is 0 Å². The second-order valence-electron chi connectivity index (χ2n) is 3.66. The van der Waals surface area contributed by atoms with Crippen LogP contribution in [0, 0.1) is 0 Å². The second kappa shape index (κ2) is 4.82. The standard InChI is InChI=1S/C11H13N3O/c15-8-14-11-7-13-6-3-10(11)9-1-4-12-5-2-9/h3,6-7,9,12H,1-2,4-5H2. The van der Waals surface area contributed by atoms with Crippen LogP contribution < -0.4 is 5.32 Å². The molecule has 2 heterocycles. The van der Waals surface area contributed by atoms with Gasteiger partial charge in [0.25, 0.3) is 0 Å². The van der Waals surface area contributed by atoms with Crippen molar-refractivity contribution in [1.82, 2.24) is 10.3 Å². The predicted molar refractivity (Wildman–Crippen MR) is 56.9 cm³/mol. The number of isocyanates is 1. The number of aliphatic imine (C=N–C) groups is 1. The maximum atomic E-state index is 10.3. The van der Waals surface area contributed by atoms with Gasteiger partial charge in [0.15, 0.2) is 0 Å². The summed E-state index contributed by atoms with van der Waals surface area (Å²) in [6.45, 7) is 2.05. The molecule has 0 aromatic carbocycles.